The summed E-state index contributed by atoms with van der Waals surface area (Å²) in [6.45, 7) is 18.0. The minimum atomic E-state index is 0.191. The summed E-state index contributed by atoms with van der Waals surface area (Å²) in [5, 5.41) is 3.70. The van der Waals surface area contributed by atoms with Gasteiger partial charge in [-0.05, 0) is 40.0 Å². The molecule has 0 heterocycles. The molecule has 0 aromatic heterocycles. The van der Waals surface area contributed by atoms with Crippen molar-refractivity contribution in [2.75, 3.05) is 0 Å². The Bertz CT molecular complexity index is 252. The minimum Gasteiger partial charge on any atom is -0.374 e. The van der Waals surface area contributed by atoms with Gasteiger partial charge in [0.2, 0.25) is 0 Å². The first-order valence-electron chi connectivity index (χ1n) is 6.97. The quantitative estimate of drug-likeness (QED) is 0.812. The van der Waals surface area contributed by atoms with E-state index in [1.54, 1.807) is 0 Å². The minimum absolute atomic E-state index is 0.191. The van der Waals surface area contributed by atoms with Gasteiger partial charge in [0.05, 0.1) is 12.2 Å². The van der Waals surface area contributed by atoms with Gasteiger partial charge in [-0.2, -0.15) is 0 Å². The van der Waals surface area contributed by atoms with E-state index in [0.717, 1.165) is 6.42 Å². The molecule has 2 heteroatoms. The van der Waals surface area contributed by atoms with Crippen LogP contribution in [-0.4, -0.2) is 23.8 Å². The molecule has 0 amide bonds. The molecule has 1 aliphatic rings. The Balaban J connectivity index is 2.49. The Morgan fingerprint density at radius 1 is 1.18 bits per heavy atom. The van der Waals surface area contributed by atoms with E-state index in [-0.39, 0.29) is 11.0 Å². The van der Waals surface area contributed by atoms with Gasteiger partial charge in [0.25, 0.3) is 0 Å². The molecular formula is C15H31NO. The van der Waals surface area contributed by atoms with E-state index in [1.165, 1.54) is 0 Å². The number of hydrogen-bond donors (Lipinski definition) is 1. The van der Waals surface area contributed by atoms with Crippen LogP contribution in [0.4, 0.5) is 0 Å². The maximum Gasteiger partial charge on any atom is 0.0659 e. The van der Waals surface area contributed by atoms with Gasteiger partial charge in [-0.25, -0.2) is 0 Å². The topological polar surface area (TPSA) is 21.3 Å². The zero-order chi connectivity index (χ0) is 13.4. The molecular weight excluding hydrogens is 210 g/mol. The van der Waals surface area contributed by atoms with Gasteiger partial charge in [0.15, 0.2) is 0 Å². The lowest BCUT2D eigenvalue weighted by molar-refractivity contribution is -0.155. The molecule has 2 nitrogen and oxygen atoms in total. The molecule has 0 radical (unpaired) electrons. The molecule has 1 unspecified atom stereocenters. The first kappa shape index (κ1) is 15.0. The summed E-state index contributed by atoms with van der Waals surface area (Å²) in [5.74, 6) is 0.598. The van der Waals surface area contributed by atoms with Crippen molar-refractivity contribution in [3.8, 4) is 0 Å². The number of rotatable bonds is 4. The monoisotopic (exact) mass is 241 g/mol. The van der Waals surface area contributed by atoms with Crippen LogP contribution in [0, 0.1) is 11.3 Å². The third-order valence-electron chi connectivity index (χ3n) is 4.10. The summed E-state index contributed by atoms with van der Waals surface area (Å²) >= 11 is 0. The Hall–Kier alpha value is -0.0800. The van der Waals surface area contributed by atoms with E-state index < -0.39 is 0 Å². The standard InChI is InChI=1S/C15H31NO/c1-10(2)11(3)17-13-9-12(15(13,7)8)16-14(4,5)6/h10-13,16H,9H2,1-8H3/t11?,12-,13+/m0/s1. The van der Waals surface area contributed by atoms with Crippen LogP contribution in [0.15, 0.2) is 0 Å². The normalized spacial score (nSPS) is 30.2. The molecule has 17 heavy (non-hydrogen) atoms. The summed E-state index contributed by atoms with van der Waals surface area (Å²) in [7, 11) is 0. The van der Waals surface area contributed by atoms with E-state index in [2.05, 4.69) is 60.7 Å². The Morgan fingerprint density at radius 2 is 1.71 bits per heavy atom. The summed E-state index contributed by atoms with van der Waals surface area (Å²) in [6.07, 6.45) is 1.90. The molecule has 1 fully saturated rings. The summed E-state index contributed by atoms with van der Waals surface area (Å²) in [4.78, 5) is 0. The molecule has 102 valence electrons. The van der Waals surface area contributed by atoms with E-state index >= 15 is 0 Å². The highest BCUT2D eigenvalue weighted by Crippen LogP contribution is 2.44. The molecule has 0 aromatic carbocycles. The summed E-state index contributed by atoms with van der Waals surface area (Å²) in [5.41, 5.74) is 0.438. The van der Waals surface area contributed by atoms with Crippen LogP contribution in [0.25, 0.3) is 0 Å². The Morgan fingerprint density at radius 3 is 2.06 bits per heavy atom. The predicted octanol–water partition coefficient (Wildman–Crippen LogP) is 3.60. The van der Waals surface area contributed by atoms with E-state index in [4.69, 9.17) is 4.74 Å². The third-order valence-corrected chi connectivity index (χ3v) is 4.10. The molecule has 1 rings (SSSR count). The lowest BCUT2D eigenvalue weighted by Gasteiger charge is -2.54. The molecule has 3 atom stereocenters. The number of nitrogens with one attached hydrogen (secondary N) is 1. The highest BCUT2D eigenvalue weighted by Gasteiger charge is 2.50. The molecule has 0 aliphatic heterocycles. The zero-order valence-corrected chi connectivity index (χ0v) is 12.9. The van der Waals surface area contributed by atoms with Gasteiger partial charge in [-0.15, -0.1) is 0 Å². The van der Waals surface area contributed by atoms with Crippen molar-refractivity contribution >= 4 is 0 Å². The maximum atomic E-state index is 6.17. The van der Waals surface area contributed by atoms with Gasteiger partial charge in [0, 0.05) is 17.0 Å². The van der Waals surface area contributed by atoms with E-state index in [1.807, 2.05) is 0 Å². The smallest absolute Gasteiger partial charge is 0.0659 e. The molecule has 1 aliphatic carbocycles. The maximum absolute atomic E-state index is 6.17. The van der Waals surface area contributed by atoms with Crippen molar-refractivity contribution in [3.05, 3.63) is 0 Å². The fourth-order valence-corrected chi connectivity index (χ4v) is 2.30. The Kier molecular flexibility index (Phi) is 4.31. The van der Waals surface area contributed by atoms with Crippen molar-refractivity contribution in [1.29, 1.82) is 0 Å². The van der Waals surface area contributed by atoms with Crippen LogP contribution in [0.3, 0.4) is 0 Å². The van der Waals surface area contributed by atoms with Crippen molar-refractivity contribution in [3.63, 3.8) is 0 Å². The molecule has 0 aromatic rings. The van der Waals surface area contributed by atoms with Crippen molar-refractivity contribution < 1.29 is 4.74 Å². The molecule has 0 spiro atoms. The molecule has 1 saturated carbocycles. The lowest BCUT2D eigenvalue weighted by Crippen LogP contribution is -2.64. The SMILES string of the molecule is CC(C)C(C)O[C@@H]1C[C@H](NC(C)(C)C)C1(C)C. The van der Waals surface area contributed by atoms with E-state index in [9.17, 15) is 0 Å². The van der Waals surface area contributed by atoms with Gasteiger partial charge >= 0.3 is 0 Å². The Labute approximate surface area is 108 Å². The van der Waals surface area contributed by atoms with Gasteiger partial charge < -0.3 is 10.1 Å². The lowest BCUT2D eigenvalue weighted by atomic mass is 9.63. The second-order valence-corrected chi connectivity index (χ2v) is 7.58. The fourth-order valence-electron chi connectivity index (χ4n) is 2.30. The van der Waals surface area contributed by atoms with Gasteiger partial charge in [-0.1, -0.05) is 27.7 Å². The van der Waals surface area contributed by atoms with Crippen LogP contribution < -0.4 is 5.32 Å². The highest BCUT2D eigenvalue weighted by molar-refractivity contribution is 5.04. The van der Waals surface area contributed by atoms with Crippen molar-refractivity contribution in [2.45, 2.75) is 85.6 Å². The highest BCUT2D eigenvalue weighted by atomic mass is 16.5. The molecule has 1 N–H and O–H groups in total. The number of ether oxygens (including phenoxy) is 1. The van der Waals surface area contributed by atoms with E-state index in [0.29, 0.717) is 24.2 Å². The van der Waals surface area contributed by atoms with Crippen LogP contribution in [-0.2, 0) is 4.74 Å². The largest absolute Gasteiger partial charge is 0.374 e. The van der Waals surface area contributed by atoms with Crippen LogP contribution in [0.5, 0.6) is 0 Å². The molecule has 0 bridgehead atoms. The first-order valence-corrected chi connectivity index (χ1v) is 6.97. The fraction of sp³-hybridized carbons (Fsp3) is 1.00. The second-order valence-electron chi connectivity index (χ2n) is 7.58. The summed E-state index contributed by atoms with van der Waals surface area (Å²) in [6, 6.07) is 0.576. The average Bonchev–Trinajstić information content (AvgIpc) is 2.13. The van der Waals surface area contributed by atoms with Crippen LogP contribution in [0.1, 0.15) is 61.8 Å². The van der Waals surface area contributed by atoms with Gasteiger partial charge in [-0.3, -0.25) is 0 Å². The number of hydrogen-bond acceptors (Lipinski definition) is 2. The van der Waals surface area contributed by atoms with Gasteiger partial charge in [0.1, 0.15) is 0 Å². The van der Waals surface area contributed by atoms with Crippen LogP contribution >= 0.6 is 0 Å². The third kappa shape index (κ3) is 3.69. The molecule has 0 saturated heterocycles. The van der Waals surface area contributed by atoms with Crippen LogP contribution in [0.2, 0.25) is 0 Å². The first-order chi connectivity index (χ1) is 7.54. The van der Waals surface area contributed by atoms with Crippen molar-refractivity contribution in [1.82, 2.24) is 5.32 Å². The average molecular weight is 241 g/mol. The predicted molar refractivity (Wildman–Crippen MR) is 74.2 cm³/mol. The van der Waals surface area contributed by atoms with Crippen molar-refractivity contribution in [2.24, 2.45) is 11.3 Å². The second kappa shape index (κ2) is 4.89. The summed E-state index contributed by atoms with van der Waals surface area (Å²) < 4.78 is 6.17. The zero-order valence-electron chi connectivity index (χ0n) is 12.9.